The van der Waals surface area contributed by atoms with Crippen molar-refractivity contribution in [3.8, 4) is 5.75 Å². The van der Waals surface area contributed by atoms with Gasteiger partial charge in [-0.2, -0.15) is 0 Å². The fourth-order valence-corrected chi connectivity index (χ4v) is 2.86. The monoisotopic (exact) mass is 355 g/mol. The van der Waals surface area contributed by atoms with Crippen molar-refractivity contribution in [2.24, 2.45) is 5.41 Å². The van der Waals surface area contributed by atoms with E-state index >= 15 is 0 Å². The molecule has 5 nitrogen and oxygen atoms in total. The van der Waals surface area contributed by atoms with Crippen molar-refractivity contribution in [1.29, 1.82) is 0 Å². The zero-order valence-corrected chi connectivity index (χ0v) is 13.4. The Labute approximate surface area is 131 Å². The van der Waals surface area contributed by atoms with Crippen LogP contribution >= 0.6 is 15.9 Å². The first-order valence-corrected chi connectivity index (χ1v) is 7.61. The minimum absolute atomic E-state index is 0.128. The summed E-state index contributed by atoms with van der Waals surface area (Å²) < 4.78 is 6.21. The maximum absolute atomic E-state index is 11.8. The number of carbonyl (C=O) groups excluding carboxylic acids is 1. The molecule has 1 aromatic carbocycles. The molecule has 0 aromatic heterocycles. The standard InChI is InChI=1S/C15H18BrNO4/c1-10-3-4-12(11(16)7-10)21-8-13(18)17-9-15(14(19)20)5-2-6-15/h3-4,7H,2,5-6,8-9H2,1H3,(H,17,18)(H,19,20). The second-order valence-corrected chi connectivity index (χ2v) is 6.29. The molecule has 0 unspecified atom stereocenters. The molecular formula is C15H18BrNO4. The van der Waals surface area contributed by atoms with E-state index in [2.05, 4.69) is 21.2 Å². The molecule has 0 bridgehead atoms. The van der Waals surface area contributed by atoms with E-state index in [9.17, 15) is 14.7 Å². The highest BCUT2D eigenvalue weighted by Crippen LogP contribution is 2.40. The van der Waals surface area contributed by atoms with Crippen LogP contribution in [0.4, 0.5) is 0 Å². The number of amides is 1. The van der Waals surface area contributed by atoms with E-state index in [1.807, 2.05) is 19.1 Å². The molecule has 1 aliphatic rings. The zero-order valence-electron chi connectivity index (χ0n) is 11.8. The summed E-state index contributed by atoms with van der Waals surface area (Å²) in [5.41, 5.74) is 0.312. The fourth-order valence-electron chi connectivity index (χ4n) is 2.25. The Morgan fingerprint density at radius 1 is 1.43 bits per heavy atom. The summed E-state index contributed by atoms with van der Waals surface area (Å²) in [6, 6.07) is 5.59. The zero-order chi connectivity index (χ0) is 15.5. The molecule has 2 N–H and O–H groups in total. The first-order chi connectivity index (χ1) is 9.93. The number of aryl methyl sites for hydroxylation is 1. The Morgan fingerprint density at radius 3 is 2.67 bits per heavy atom. The molecule has 0 saturated heterocycles. The Kier molecular flexibility index (Phi) is 4.88. The summed E-state index contributed by atoms with van der Waals surface area (Å²) in [6.45, 7) is 2.00. The molecule has 1 fully saturated rings. The number of benzene rings is 1. The number of rotatable bonds is 6. The smallest absolute Gasteiger partial charge is 0.311 e. The minimum Gasteiger partial charge on any atom is -0.483 e. The molecule has 0 heterocycles. The van der Waals surface area contributed by atoms with Crippen LogP contribution < -0.4 is 10.1 Å². The first-order valence-electron chi connectivity index (χ1n) is 6.82. The van der Waals surface area contributed by atoms with Gasteiger partial charge < -0.3 is 15.2 Å². The second kappa shape index (κ2) is 6.47. The van der Waals surface area contributed by atoms with E-state index in [0.717, 1.165) is 16.5 Å². The number of ether oxygens (including phenoxy) is 1. The predicted octanol–water partition coefficient (Wildman–Crippen LogP) is 2.51. The van der Waals surface area contributed by atoms with Gasteiger partial charge in [0.1, 0.15) is 5.75 Å². The minimum atomic E-state index is -0.837. The third-order valence-corrected chi connectivity index (χ3v) is 4.45. The summed E-state index contributed by atoms with van der Waals surface area (Å²) in [5.74, 6) is -0.557. The van der Waals surface area contributed by atoms with Gasteiger partial charge in [-0.25, -0.2) is 0 Å². The van der Waals surface area contributed by atoms with Crippen LogP contribution in [0.1, 0.15) is 24.8 Å². The van der Waals surface area contributed by atoms with Crippen molar-refractivity contribution in [3.05, 3.63) is 28.2 Å². The van der Waals surface area contributed by atoms with Gasteiger partial charge in [-0.3, -0.25) is 9.59 Å². The summed E-state index contributed by atoms with van der Waals surface area (Å²) in [5, 5.41) is 11.8. The Balaban J connectivity index is 1.81. The van der Waals surface area contributed by atoms with Gasteiger partial charge in [0.05, 0.1) is 9.89 Å². The van der Waals surface area contributed by atoms with Crippen molar-refractivity contribution < 1.29 is 19.4 Å². The van der Waals surface area contributed by atoms with Crippen molar-refractivity contribution in [2.45, 2.75) is 26.2 Å². The van der Waals surface area contributed by atoms with Crippen molar-refractivity contribution in [3.63, 3.8) is 0 Å². The third kappa shape index (κ3) is 3.75. The highest BCUT2D eigenvalue weighted by Gasteiger charge is 2.44. The molecular weight excluding hydrogens is 338 g/mol. The summed E-state index contributed by atoms with van der Waals surface area (Å²) in [6.07, 6.45) is 2.13. The number of carboxylic acid groups (broad SMARTS) is 1. The average Bonchev–Trinajstić information content (AvgIpc) is 2.36. The van der Waals surface area contributed by atoms with Gasteiger partial charge >= 0.3 is 5.97 Å². The van der Waals surface area contributed by atoms with E-state index in [0.29, 0.717) is 18.6 Å². The highest BCUT2D eigenvalue weighted by atomic mass is 79.9. The predicted molar refractivity (Wildman–Crippen MR) is 81.3 cm³/mol. The molecule has 6 heteroatoms. The normalized spacial score (nSPS) is 15.9. The number of aliphatic carboxylic acids is 1. The maximum atomic E-state index is 11.8. The van der Waals surface area contributed by atoms with Crippen LogP contribution in [0.2, 0.25) is 0 Å². The molecule has 21 heavy (non-hydrogen) atoms. The van der Waals surface area contributed by atoms with Gasteiger partial charge in [0.15, 0.2) is 6.61 Å². The molecule has 0 spiro atoms. The van der Waals surface area contributed by atoms with E-state index in [1.165, 1.54) is 0 Å². The molecule has 0 aliphatic heterocycles. The van der Waals surface area contributed by atoms with E-state index in [1.54, 1.807) is 6.07 Å². The molecule has 0 atom stereocenters. The molecule has 1 saturated carbocycles. The first kappa shape index (κ1) is 15.8. The lowest BCUT2D eigenvalue weighted by Crippen LogP contribution is -2.48. The van der Waals surface area contributed by atoms with Crippen molar-refractivity contribution in [2.75, 3.05) is 13.2 Å². The van der Waals surface area contributed by atoms with Crippen molar-refractivity contribution in [1.82, 2.24) is 5.32 Å². The Bertz CT molecular complexity index is 555. The summed E-state index contributed by atoms with van der Waals surface area (Å²) in [4.78, 5) is 22.9. The molecule has 0 radical (unpaired) electrons. The van der Waals surface area contributed by atoms with Gasteiger partial charge in [0.2, 0.25) is 0 Å². The average molecular weight is 356 g/mol. The number of hydrogen-bond donors (Lipinski definition) is 2. The number of hydrogen-bond acceptors (Lipinski definition) is 3. The highest BCUT2D eigenvalue weighted by molar-refractivity contribution is 9.10. The quantitative estimate of drug-likeness (QED) is 0.821. The molecule has 2 rings (SSSR count). The lowest BCUT2D eigenvalue weighted by atomic mass is 9.69. The van der Waals surface area contributed by atoms with Gasteiger partial charge in [-0.1, -0.05) is 12.5 Å². The summed E-state index contributed by atoms with van der Waals surface area (Å²) >= 11 is 3.37. The maximum Gasteiger partial charge on any atom is 0.311 e. The van der Waals surface area contributed by atoms with E-state index in [4.69, 9.17) is 4.74 Å². The number of carboxylic acids is 1. The molecule has 1 aliphatic carbocycles. The van der Waals surface area contributed by atoms with Gasteiger partial charge in [0.25, 0.3) is 5.91 Å². The number of nitrogens with one attached hydrogen (secondary N) is 1. The third-order valence-electron chi connectivity index (χ3n) is 3.83. The largest absolute Gasteiger partial charge is 0.483 e. The van der Waals surface area contributed by atoms with Crippen LogP contribution in [-0.4, -0.2) is 30.1 Å². The van der Waals surface area contributed by atoms with Gasteiger partial charge in [0, 0.05) is 6.54 Å². The number of halogens is 1. The second-order valence-electron chi connectivity index (χ2n) is 5.44. The number of carbonyl (C=O) groups is 2. The lowest BCUT2D eigenvalue weighted by Gasteiger charge is -2.37. The van der Waals surface area contributed by atoms with Crippen LogP contribution in [0.3, 0.4) is 0 Å². The van der Waals surface area contributed by atoms with Gasteiger partial charge in [-0.05, 0) is 53.4 Å². The van der Waals surface area contributed by atoms with Crippen molar-refractivity contribution >= 4 is 27.8 Å². The topological polar surface area (TPSA) is 75.6 Å². The Morgan fingerprint density at radius 2 is 2.14 bits per heavy atom. The van der Waals surface area contributed by atoms with Gasteiger partial charge in [-0.15, -0.1) is 0 Å². The SMILES string of the molecule is Cc1ccc(OCC(=O)NCC2(C(=O)O)CCC2)c(Br)c1. The lowest BCUT2D eigenvalue weighted by molar-refractivity contribution is -0.154. The van der Waals surface area contributed by atoms with E-state index < -0.39 is 11.4 Å². The summed E-state index contributed by atoms with van der Waals surface area (Å²) in [7, 11) is 0. The van der Waals surface area contributed by atoms with Crippen LogP contribution in [0.25, 0.3) is 0 Å². The van der Waals surface area contributed by atoms with Crippen LogP contribution in [-0.2, 0) is 9.59 Å². The molecule has 1 amide bonds. The van der Waals surface area contributed by atoms with Crippen LogP contribution in [0, 0.1) is 12.3 Å². The molecule has 114 valence electrons. The Hall–Kier alpha value is -1.56. The van der Waals surface area contributed by atoms with E-state index in [-0.39, 0.29) is 19.1 Å². The van der Waals surface area contributed by atoms with Crippen LogP contribution in [0.5, 0.6) is 5.75 Å². The molecule has 1 aromatic rings. The fraction of sp³-hybridized carbons (Fsp3) is 0.467. The van der Waals surface area contributed by atoms with Crippen LogP contribution in [0.15, 0.2) is 22.7 Å².